The first kappa shape index (κ1) is 34.5. The Balaban J connectivity index is 1.20. The van der Waals surface area contributed by atoms with Crippen molar-refractivity contribution in [3.05, 3.63) is 60.7 Å². The highest BCUT2D eigenvalue weighted by atomic mass is 32.2. The van der Waals surface area contributed by atoms with Gasteiger partial charge in [0.25, 0.3) is 0 Å². The van der Waals surface area contributed by atoms with E-state index in [0.29, 0.717) is 75.4 Å². The summed E-state index contributed by atoms with van der Waals surface area (Å²) in [6, 6.07) is 18.0. The number of ether oxygens (including phenoxy) is 1. The predicted octanol–water partition coefficient (Wildman–Crippen LogP) is 4.32. The fourth-order valence-electron chi connectivity index (χ4n) is 6.35. The molecule has 3 aliphatic heterocycles. The van der Waals surface area contributed by atoms with Crippen LogP contribution in [0.3, 0.4) is 0 Å². The SMILES string of the molecule is CC1C(=O)N(C)c2ccc(Nc3cccc(S(=O)(=O)N4CCN(C)CC4)c3)nc2N1c1ccc(N2CCN(C(=O)OC(C)(C)C)CC2)cc1. The maximum atomic E-state index is 13.4. The second-order valence-corrected chi connectivity index (χ2v) is 15.8. The summed E-state index contributed by atoms with van der Waals surface area (Å²) in [6.07, 6.45) is -0.292. The molecule has 49 heavy (non-hydrogen) atoms. The zero-order valence-corrected chi connectivity index (χ0v) is 29.9. The zero-order chi connectivity index (χ0) is 35.1. The van der Waals surface area contributed by atoms with Gasteiger partial charge in [0.2, 0.25) is 15.9 Å². The molecular formula is C35H46N8O5S. The van der Waals surface area contributed by atoms with E-state index in [1.54, 1.807) is 41.1 Å². The van der Waals surface area contributed by atoms with Crippen molar-refractivity contribution in [2.24, 2.45) is 0 Å². The minimum absolute atomic E-state index is 0.0563. The van der Waals surface area contributed by atoms with Gasteiger partial charge in [-0.3, -0.25) is 4.79 Å². The van der Waals surface area contributed by atoms with Crippen LogP contribution in [-0.2, 0) is 19.6 Å². The first-order chi connectivity index (χ1) is 23.2. The van der Waals surface area contributed by atoms with E-state index in [4.69, 9.17) is 9.72 Å². The molecule has 2 amide bonds. The van der Waals surface area contributed by atoms with Crippen molar-refractivity contribution in [3.8, 4) is 0 Å². The van der Waals surface area contributed by atoms with Crippen LogP contribution in [0.1, 0.15) is 27.7 Å². The Hall–Kier alpha value is -4.40. The molecule has 3 aromatic rings. The molecule has 2 saturated heterocycles. The van der Waals surface area contributed by atoms with Crippen LogP contribution in [0.15, 0.2) is 65.6 Å². The van der Waals surface area contributed by atoms with Crippen LogP contribution in [0.25, 0.3) is 0 Å². The van der Waals surface area contributed by atoms with Crippen molar-refractivity contribution < 1.29 is 22.7 Å². The van der Waals surface area contributed by atoms with Gasteiger partial charge in [0.1, 0.15) is 17.5 Å². The van der Waals surface area contributed by atoms with Crippen LogP contribution < -0.4 is 20.0 Å². The lowest BCUT2D eigenvalue weighted by Gasteiger charge is -2.40. The summed E-state index contributed by atoms with van der Waals surface area (Å²) in [5.41, 5.74) is 2.57. The van der Waals surface area contributed by atoms with Crippen LogP contribution in [0.4, 0.5) is 39.2 Å². The summed E-state index contributed by atoms with van der Waals surface area (Å²) in [7, 11) is 0.0985. The van der Waals surface area contributed by atoms with E-state index in [9.17, 15) is 18.0 Å². The summed E-state index contributed by atoms with van der Waals surface area (Å²) >= 11 is 0. The van der Waals surface area contributed by atoms with Crippen molar-refractivity contribution in [2.45, 2.75) is 44.2 Å². The van der Waals surface area contributed by atoms with Gasteiger partial charge in [0.15, 0.2) is 5.82 Å². The molecule has 262 valence electrons. The Morgan fingerprint density at radius 3 is 2.18 bits per heavy atom. The third-order valence-electron chi connectivity index (χ3n) is 9.15. The minimum atomic E-state index is -3.64. The molecular weight excluding hydrogens is 645 g/mol. The molecule has 1 atom stereocenters. The van der Waals surface area contributed by atoms with E-state index in [2.05, 4.69) is 15.1 Å². The quantitative estimate of drug-likeness (QED) is 0.400. The summed E-state index contributed by atoms with van der Waals surface area (Å²) in [6.45, 7) is 12.2. The van der Waals surface area contributed by atoms with Crippen molar-refractivity contribution in [3.63, 3.8) is 0 Å². The number of nitrogens with one attached hydrogen (secondary N) is 1. The Bertz CT molecular complexity index is 1800. The predicted molar refractivity (Wildman–Crippen MR) is 192 cm³/mol. The molecule has 0 bridgehead atoms. The number of hydrogen-bond donors (Lipinski definition) is 1. The molecule has 1 unspecified atom stereocenters. The highest BCUT2D eigenvalue weighted by Gasteiger charge is 2.36. The van der Waals surface area contributed by atoms with Crippen molar-refractivity contribution in [2.75, 3.05) is 86.5 Å². The molecule has 0 radical (unpaired) electrons. The summed E-state index contributed by atoms with van der Waals surface area (Å²) in [4.78, 5) is 40.7. The van der Waals surface area contributed by atoms with Gasteiger partial charge in [0, 0.05) is 76.5 Å². The van der Waals surface area contributed by atoms with Gasteiger partial charge in [-0.15, -0.1) is 0 Å². The van der Waals surface area contributed by atoms with E-state index in [0.717, 1.165) is 11.4 Å². The average Bonchev–Trinajstić information content (AvgIpc) is 3.07. The number of carbonyl (C=O) groups excluding carboxylic acids is 2. The van der Waals surface area contributed by atoms with Crippen LogP contribution in [0.2, 0.25) is 0 Å². The van der Waals surface area contributed by atoms with Crippen molar-refractivity contribution in [1.29, 1.82) is 0 Å². The fourth-order valence-corrected chi connectivity index (χ4v) is 7.81. The van der Waals surface area contributed by atoms with Gasteiger partial charge in [-0.25, -0.2) is 18.2 Å². The van der Waals surface area contributed by atoms with Gasteiger partial charge in [0.05, 0.1) is 10.6 Å². The highest BCUT2D eigenvalue weighted by molar-refractivity contribution is 7.89. The maximum Gasteiger partial charge on any atom is 0.410 e. The molecule has 3 aliphatic rings. The molecule has 1 aromatic heterocycles. The van der Waals surface area contributed by atoms with Gasteiger partial charge >= 0.3 is 6.09 Å². The molecule has 4 heterocycles. The molecule has 14 heteroatoms. The van der Waals surface area contributed by atoms with Gasteiger partial charge in [-0.1, -0.05) is 6.07 Å². The number of rotatable bonds is 6. The van der Waals surface area contributed by atoms with Crippen LogP contribution >= 0.6 is 0 Å². The molecule has 0 aliphatic carbocycles. The van der Waals surface area contributed by atoms with Crippen molar-refractivity contribution >= 4 is 56.4 Å². The zero-order valence-electron chi connectivity index (χ0n) is 29.1. The number of benzene rings is 2. The third-order valence-corrected chi connectivity index (χ3v) is 11.0. The lowest BCUT2D eigenvalue weighted by Crippen LogP contribution is -2.50. The Labute approximate surface area is 289 Å². The first-order valence-electron chi connectivity index (χ1n) is 16.7. The largest absolute Gasteiger partial charge is 0.444 e. The summed E-state index contributed by atoms with van der Waals surface area (Å²) in [5.74, 6) is 1.08. The molecule has 13 nitrogen and oxygen atoms in total. The number of sulfonamides is 1. The topological polar surface area (TPSA) is 122 Å². The average molecular weight is 691 g/mol. The number of fused-ring (bicyclic) bond motifs is 1. The second kappa shape index (κ2) is 13.5. The van der Waals surface area contributed by atoms with E-state index >= 15 is 0 Å². The Kier molecular flexibility index (Phi) is 9.48. The monoisotopic (exact) mass is 690 g/mol. The van der Waals surface area contributed by atoms with Crippen LogP contribution in [0, 0.1) is 0 Å². The smallest absolute Gasteiger partial charge is 0.410 e. The molecule has 1 N–H and O–H groups in total. The number of pyridine rings is 1. The minimum Gasteiger partial charge on any atom is -0.444 e. The lowest BCUT2D eigenvalue weighted by atomic mass is 10.1. The number of hydrogen-bond acceptors (Lipinski definition) is 10. The first-order valence-corrected chi connectivity index (χ1v) is 18.1. The standard InChI is InChI=1S/C35H46N8O5S/c1-25-33(44)39(6)30-14-15-31(36-26-8-7-9-29(24-26)49(46,47)42-22-16-38(5)17-23-42)37-32(30)43(25)28-12-10-27(11-13-28)40-18-20-41(21-19-40)34(45)48-35(2,3)4/h7-15,24-25H,16-23H2,1-6H3,(H,36,37). The Morgan fingerprint density at radius 2 is 1.53 bits per heavy atom. The fraction of sp³-hybridized carbons (Fsp3) is 0.457. The van der Waals surface area contributed by atoms with Crippen LogP contribution in [0.5, 0.6) is 0 Å². The number of piperazine rings is 2. The Morgan fingerprint density at radius 1 is 0.878 bits per heavy atom. The van der Waals surface area contributed by atoms with Crippen LogP contribution in [-0.4, -0.2) is 118 Å². The summed E-state index contributed by atoms with van der Waals surface area (Å²) < 4.78 is 33.9. The van der Waals surface area contributed by atoms with Crippen molar-refractivity contribution in [1.82, 2.24) is 19.1 Å². The molecule has 2 fully saturated rings. The van der Waals surface area contributed by atoms with E-state index in [1.807, 2.05) is 76.0 Å². The van der Waals surface area contributed by atoms with Gasteiger partial charge in [-0.05, 0) is 89.3 Å². The third kappa shape index (κ3) is 7.31. The number of nitrogens with zero attached hydrogens (tertiary/aromatic N) is 7. The van der Waals surface area contributed by atoms with E-state index < -0.39 is 21.7 Å². The molecule has 0 saturated carbocycles. The molecule has 2 aromatic carbocycles. The molecule has 6 rings (SSSR count). The highest BCUT2D eigenvalue weighted by Crippen LogP contribution is 2.40. The van der Waals surface area contributed by atoms with E-state index in [1.165, 1.54) is 4.31 Å². The second-order valence-electron chi connectivity index (χ2n) is 13.8. The maximum absolute atomic E-state index is 13.4. The summed E-state index contributed by atoms with van der Waals surface area (Å²) in [5, 5.41) is 3.29. The number of amides is 2. The van der Waals surface area contributed by atoms with E-state index in [-0.39, 0.29) is 16.9 Å². The number of anilines is 6. The number of likely N-dealkylation sites (N-methyl/N-ethyl adjacent to an activating group) is 2. The van der Waals surface area contributed by atoms with Gasteiger partial charge < -0.3 is 34.6 Å². The lowest BCUT2D eigenvalue weighted by molar-refractivity contribution is -0.119. The number of aromatic nitrogens is 1. The molecule has 0 spiro atoms. The normalized spacial score (nSPS) is 19.6. The number of carbonyl (C=O) groups is 2. The van der Waals surface area contributed by atoms with Gasteiger partial charge in [-0.2, -0.15) is 4.31 Å².